The molecule has 0 spiro atoms. The van der Waals surface area contributed by atoms with Crippen LogP contribution in [0.15, 0.2) is 60.7 Å². The van der Waals surface area contributed by atoms with E-state index in [0.29, 0.717) is 0 Å². The van der Waals surface area contributed by atoms with Gasteiger partial charge in [0, 0.05) is 0 Å². The summed E-state index contributed by atoms with van der Waals surface area (Å²) in [6, 6.07) is 18.1. The fraction of sp³-hybridized carbons (Fsp3) is 0.500. The predicted octanol–water partition coefficient (Wildman–Crippen LogP) is 3.90. The van der Waals surface area contributed by atoms with E-state index in [4.69, 9.17) is 23.7 Å². The third kappa shape index (κ3) is 6.08. The van der Waals surface area contributed by atoms with Crippen LogP contribution in [0.2, 0.25) is 0 Å². The maximum absolute atomic E-state index is 13.0. The third-order valence-electron chi connectivity index (χ3n) is 5.73. The molecular weight excluding hydrogens is 505 g/mol. The van der Waals surface area contributed by atoms with Gasteiger partial charge in [-0.25, -0.2) is 0 Å². The fourth-order valence-corrected chi connectivity index (χ4v) is 4.58. The van der Waals surface area contributed by atoms with Gasteiger partial charge >= 0.3 is 15.6 Å². The molecule has 0 bridgehead atoms. The second-order valence-corrected chi connectivity index (χ2v) is 10.6. The maximum Gasteiger partial charge on any atom is 0.523 e. The van der Waals surface area contributed by atoms with E-state index in [1.807, 2.05) is 12.1 Å². The lowest BCUT2D eigenvalue weighted by Gasteiger charge is -2.36. The second kappa shape index (κ2) is 10.4. The van der Waals surface area contributed by atoms with Crippen LogP contribution in [0.3, 0.4) is 0 Å². The van der Waals surface area contributed by atoms with Gasteiger partial charge in [0.05, 0.1) is 19.8 Å². The Bertz CT molecular complexity index is 1110. The van der Waals surface area contributed by atoms with Crippen LogP contribution in [0.4, 0.5) is 13.2 Å². The van der Waals surface area contributed by atoms with E-state index in [1.54, 1.807) is 62.4 Å². The van der Waals surface area contributed by atoms with Gasteiger partial charge in [-0.1, -0.05) is 60.7 Å². The minimum atomic E-state index is -5.91. The summed E-state index contributed by atoms with van der Waals surface area (Å²) in [7, 11) is -5.91. The zero-order valence-electron chi connectivity index (χ0n) is 19.6. The molecule has 2 heterocycles. The number of rotatable bonds is 10. The molecule has 2 saturated heterocycles. The Morgan fingerprint density at radius 2 is 1.44 bits per heavy atom. The number of hydrogen-bond donors (Lipinski definition) is 0. The number of ether oxygens (including phenoxy) is 5. The standard InChI is InChI=1S/C24H27F3O8S/c1-22(2)33-19-20(31-14-18-11-7-4-8-12-18)23(35-21(19)34-22,16-32-36(28,29)24(25,26)27)15-30-13-17-9-5-3-6-10-17/h3-12,19-21H,13-16H2,1-2H3/t19-,20+,21+,23+/m1/s1. The van der Waals surface area contributed by atoms with Gasteiger partial charge < -0.3 is 23.7 Å². The Labute approximate surface area is 207 Å². The molecule has 0 saturated carbocycles. The molecule has 2 aromatic rings. The van der Waals surface area contributed by atoms with Crippen LogP contribution in [-0.4, -0.2) is 57.0 Å². The lowest BCUT2D eigenvalue weighted by Crippen LogP contribution is -2.54. The van der Waals surface area contributed by atoms with Gasteiger partial charge in [-0.3, -0.25) is 4.18 Å². The second-order valence-electron chi connectivity index (χ2n) is 9.01. The first kappa shape index (κ1) is 27.0. The molecule has 0 unspecified atom stereocenters. The van der Waals surface area contributed by atoms with Crippen LogP contribution < -0.4 is 0 Å². The summed E-state index contributed by atoms with van der Waals surface area (Å²) in [4.78, 5) is 0. The first-order valence-electron chi connectivity index (χ1n) is 11.2. The Morgan fingerprint density at radius 1 is 0.861 bits per heavy atom. The van der Waals surface area contributed by atoms with Gasteiger partial charge in [-0.05, 0) is 25.0 Å². The van der Waals surface area contributed by atoms with Gasteiger partial charge in [0.2, 0.25) is 0 Å². The van der Waals surface area contributed by atoms with Crippen molar-refractivity contribution in [3.05, 3.63) is 71.8 Å². The molecule has 2 aliphatic heterocycles. The summed E-state index contributed by atoms with van der Waals surface area (Å²) in [6.45, 7) is 2.07. The van der Waals surface area contributed by atoms with E-state index in [-0.39, 0.29) is 19.8 Å². The van der Waals surface area contributed by atoms with Crippen molar-refractivity contribution in [2.24, 2.45) is 0 Å². The molecule has 36 heavy (non-hydrogen) atoms. The highest BCUT2D eigenvalue weighted by molar-refractivity contribution is 7.87. The minimum Gasteiger partial charge on any atom is -0.374 e. The van der Waals surface area contributed by atoms with Crippen molar-refractivity contribution in [3.63, 3.8) is 0 Å². The number of halogens is 3. The van der Waals surface area contributed by atoms with Gasteiger partial charge in [0.1, 0.15) is 24.4 Å². The average Bonchev–Trinajstić information content (AvgIpc) is 3.25. The molecule has 12 heteroatoms. The van der Waals surface area contributed by atoms with Crippen LogP contribution in [-0.2, 0) is 51.2 Å². The van der Waals surface area contributed by atoms with Crippen molar-refractivity contribution in [2.45, 2.75) is 62.5 Å². The van der Waals surface area contributed by atoms with Crippen LogP contribution in [0.25, 0.3) is 0 Å². The van der Waals surface area contributed by atoms with Crippen molar-refractivity contribution >= 4 is 10.1 Å². The van der Waals surface area contributed by atoms with Gasteiger partial charge in [0.25, 0.3) is 0 Å². The van der Waals surface area contributed by atoms with E-state index in [9.17, 15) is 21.6 Å². The van der Waals surface area contributed by atoms with Crippen molar-refractivity contribution in [1.82, 2.24) is 0 Å². The van der Waals surface area contributed by atoms with Crippen molar-refractivity contribution in [2.75, 3.05) is 13.2 Å². The number of benzene rings is 2. The third-order valence-corrected chi connectivity index (χ3v) is 6.72. The predicted molar refractivity (Wildman–Crippen MR) is 120 cm³/mol. The first-order valence-corrected chi connectivity index (χ1v) is 12.6. The molecule has 2 aliphatic rings. The van der Waals surface area contributed by atoms with Crippen LogP contribution in [0, 0.1) is 0 Å². The molecule has 4 atom stereocenters. The lowest BCUT2D eigenvalue weighted by molar-refractivity contribution is -0.260. The van der Waals surface area contributed by atoms with E-state index < -0.39 is 52.1 Å². The molecule has 0 radical (unpaired) electrons. The highest BCUT2D eigenvalue weighted by Gasteiger charge is 2.64. The highest BCUT2D eigenvalue weighted by atomic mass is 32.2. The largest absolute Gasteiger partial charge is 0.523 e. The Balaban J connectivity index is 1.60. The van der Waals surface area contributed by atoms with Crippen molar-refractivity contribution in [3.8, 4) is 0 Å². The molecule has 0 N–H and O–H groups in total. The van der Waals surface area contributed by atoms with Crippen LogP contribution >= 0.6 is 0 Å². The van der Waals surface area contributed by atoms with Crippen molar-refractivity contribution < 1.29 is 49.5 Å². The zero-order chi connectivity index (χ0) is 26.0. The summed E-state index contributed by atoms with van der Waals surface area (Å²) >= 11 is 0. The topological polar surface area (TPSA) is 89.5 Å². The van der Waals surface area contributed by atoms with E-state index in [2.05, 4.69) is 4.18 Å². The Kier molecular flexibility index (Phi) is 7.77. The quantitative estimate of drug-likeness (QED) is 0.336. The molecule has 0 aliphatic carbocycles. The summed E-state index contributed by atoms with van der Waals surface area (Å²) < 4.78 is 96.6. The van der Waals surface area contributed by atoms with E-state index in [0.717, 1.165) is 11.1 Å². The molecule has 198 valence electrons. The average molecular weight is 533 g/mol. The first-order chi connectivity index (χ1) is 16.9. The van der Waals surface area contributed by atoms with Gasteiger partial charge in [0.15, 0.2) is 12.1 Å². The molecular formula is C24H27F3O8S. The summed E-state index contributed by atoms with van der Waals surface area (Å²) in [6.07, 6.45) is -3.00. The maximum atomic E-state index is 13.0. The molecule has 4 rings (SSSR count). The molecule has 2 fully saturated rings. The van der Waals surface area contributed by atoms with E-state index in [1.165, 1.54) is 0 Å². The SMILES string of the molecule is CC1(C)O[C@H]2O[C@@](COCc3ccccc3)(COS(=O)(=O)C(F)(F)F)[C@@H](OCc3ccccc3)[C@H]2O1. The minimum absolute atomic E-state index is 0.0499. The number of alkyl halides is 3. The molecule has 0 amide bonds. The Morgan fingerprint density at radius 3 is 2.03 bits per heavy atom. The van der Waals surface area contributed by atoms with Crippen LogP contribution in [0.5, 0.6) is 0 Å². The van der Waals surface area contributed by atoms with Gasteiger partial charge in [-0.2, -0.15) is 21.6 Å². The summed E-state index contributed by atoms with van der Waals surface area (Å²) in [5, 5.41) is 0. The highest BCUT2D eigenvalue weighted by Crippen LogP contribution is 2.45. The number of hydrogen-bond acceptors (Lipinski definition) is 8. The molecule has 0 aromatic heterocycles. The van der Waals surface area contributed by atoms with Gasteiger partial charge in [-0.15, -0.1) is 0 Å². The summed E-state index contributed by atoms with van der Waals surface area (Å²) in [5.41, 5.74) is -5.82. The number of fused-ring (bicyclic) bond motifs is 1. The normalized spacial score (nSPS) is 27.8. The molecule has 2 aromatic carbocycles. The lowest BCUT2D eigenvalue weighted by atomic mass is 9.96. The molecule has 8 nitrogen and oxygen atoms in total. The van der Waals surface area contributed by atoms with Crippen LogP contribution in [0.1, 0.15) is 25.0 Å². The summed E-state index contributed by atoms with van der Waals surface area (Å²) in [5.74, 6) is -1.06. The smallest absolute Gasteiger partial charge is 0.374 e. The Hall–Kier alpha value is -2.06. The fourth-order valence-electron chi connectivity index (χ4n) is 4.09. The monoisotopic (exact) mass is 532 g/mol. The zero-order valence-corrected chi connectivity index (χ0v) is 20.5. The van der Waals surface area contributed by atoms with Crippen molar-refractivity contribution in [1.29, 1.82) is 0 Å². The van der Waals surface area contributed by atoms with E-state index >= 15 is 0 Å².